The van der Waals surface area contributed by atoms with E-state index < -0.39 is 11.7 Å². The van der Waals surface area contributed by atoms with Gasteiger partial charge in [-0.05, 0) is 36.6 Å². The van der Waals surface area contributed by atoms with Crippen LogP contribution in [0.1, 0.15) is 23.6 Å². The Hall–Kier alpha value is -1.19. The van der Waals surface area contributed by atoms with Crippen molar-refractivity contribution < 1.29 is 13.2 Å². The number of alkyl halides is 3. The molecule has 1 aromatic rings. The zero-order chi connectivity index (χ0) is 10.9. The van der Waals surface area contributed by atoms with Crippen molar-refractivity contribution >= 4 is 5.69 Å². The van der Waals surface area contributed by atoms with Gasteiger partial charge in [0, 0.05) is 5.69 Å². The van der Waals surface area contributed by atoms with Gasteiger partial charge in [-0.3, -0.25) is 0 Å². The topological polar surface area (TPSA) is 26.0 Å². The van der Waals surface area contributed by atoms with Gasteiger partial charge < -0.3 is 5.73 Å². The second-order valence-corrected chi connectivity index (χ2v) is 3.22. The molecule has 0 radical (unpaired) electrons. The fraction of sp³-hybridized carbons (Fsp3) is 0.400. The summed E-state index contributed by atoms with van der Waals surface area (Å²) in [4.78, 5) is 0. The summed E-state index contributed by atoms with van der Waals surface area (Å²) in [7, 11) is 0. The Bertz CT molecular complexity index is 342. The molecular formula is C10H12F3N. The van der Waals surface area contributed by atoms with Crippen LogP contribution in [0.3, 0.4) is 0 Å². The van der Waals surface area contributed by atoms with Crippen LogP contribution in [-0.4, -0.2) is 0 Å². The van der Waals surface area contributed by atoms with Crippen molar-refractivity contribution in [3.05, 3.63) is 28.8 Å². The number of rotatable bonds is 1. The molecule has 0 aliphatic heterocycles. The average molecular weight is 203 g/mol. The van der Waals surface area contributed by atoms with Crippen LogP contribution in [0.25, 0.3) is 0 Å². The van der Waals surface area contributed by atoms with Crippen LogP contribution in [0.4, 0.5) is 18.9 Å². The van der Waals surface area contributed by atoms with Gasteiger partial charge in [-0.2, -0.15) is 13.2 Å². The van der Waals surface area contributed by atoms with Crippen molar-refractivity contribution in [2.45, 2.75) is 26.4 Å². The molecule has 0 bridgehead atoms. The van der Waals surface area contributed by atoms with E-state index in [0.717, 1.165) is 0 Å². The van der Waals surface area contributed by atoms with E-state index in [0.29, 0.717) is 12.1 Å². The zero-order valence-electron chi connectivity index (χ0n) is 8.07. The van der Waals surface area contributed by atoms with E-state index >= 15 is 0 Å². The highest BCUT2D eigenvalue weighted by Crippen LogP contribution is 2.35. The van der Waals surface area contributed by atoms with Gasteiger partial charge in [0.1, 0.15) is 0 Å². The first-order valence-electron chi connectivity index (χ1n) is 4.32. The highest BCUT2D eigenvalue weighted by atomic mass is 19.4. The minimum atomic E-state index is -4.29. The summed E-state index contributed by atoms with van der Waals surface area (Å²) in [6.07, 6.45) is -3.95. The molecule has 4 heteroatoms. The first kappa shape index (κ1) is 10.9. The Morgan fingerprint density at radius 1 is 1.29 bits per heavy atom. The molecule has 1 aromatic carbocycles. The Kier molecular flexibility index (Phi) is 2.73. The van der Waals surface area contributed by atoms with Crippen molar-refractivity contribution in [3.8, 4) is 0 Å². The molecule has 14 heavy (non-hydrogen) atoms. The molecule has 2 N–H and O–H groups in total. The molecule has 78 valence electrons. The van der Waals surface area contributed by atoms with Crippen molar-refractivity contribution in [2.24, 2.45) is 0 Å². The van der Waals surface area contributed by atoms with Gasteiger partial charge in [-0.25, -0.2) is 0 Å². The number of hydrogen-bond donors (Lipinski definition) is 1. The van der Waals surface area contributed by atoms with E-state index in [2.05, 4.69) is 0 Å². The highest BCUT2D eigenvalue weighted by Gasteiger charge is 2.34. The van der Waals surface area contributed by atoms with E-state index in [9.17, 15) is 13.2 Å². The number of nitrogen functional groups attached to an aromatic ring is 1. The first-order valence-corrected chi connectivity index (χ1v) is 4.32. The fourth-order valence-corrected chi connectivity index (χ4v) is 1.57. The smallest absolute Gasteiger partial charge is 0.399 e. The van der Waals surface area contributed by atoms with E-state index in [-0.39, 0.29) is 11.1 Å². The minimum absolute atomic E-state index is 0.189. The van der Waals surface area contributed by atoms with Gasteiger partial charge in [0.05, 0.1) is 5.56 Å². The molecule has 0 aliphatic carbocycles. The van der Waals surface area contributed by atoms with E-state index in [4.69, 9.17) is 5.73 Å². The van der Waals surface area contributed by atoms with Gasteiger partial charge in [0.2, 0.25) is 0 Å². The first-order chi connectivity index (χ1) is 6.36. The monoisotopic (exact) mass is 203 g/mol. The number of aryl methyl sites for hydroxylation is 2. The number of nitrogens with two attached hydrogens (primary N) is 1. The normalized spacial score (nSPS) is 11.8. The van der Waals surface area contributed by atoms with Crippen molar-refractivity contribution in [1.29, 1.82) is 0 Å². The zero-order valence-corrected chi connectivity index (χ0v) is 8.07. The summed E-state index contributed by atoms with van der Waals surface area (Å²) in [6.45, 7) is 3.11. The molecule has 0 saturated carbocycles. The second kappa shape index (κ2) is 3.52. The lowest BCUT2D eigenvalue weighted by Crippen LogP contribution is -2.12. The molecule has 0 fully saturated rings. The lowest BCUT2D eigenvalue weighted by atomic mass is 9.98. The predicted molar refractivity (Wildman–Crippen MR) is 50.0 cm³/mol. The third-order valence-electron chi connectivity index (χ3n) is 2.10. The molecule has 0 saturated heterocycles. The van der Waals surface area contributed by atoms with Gasteiger partial charge in [0.25, 0.3) is 0 Å². The Morgan fingerprint density at radius 3 is 2.29 bits per heavy atom. The van der Waals surface area contributed by atoms with Crippen LogP contribution in [-0.2, 0) is 12.6 Å². The number of anilines is 1. The van der Waals surface area contributed by atoms with E-state index in [1.807, 2.05) is 0 Å². The van der Waals surface area contributed by atoms with Crippen LogP contribution < -0.4 is 5.73 Å². The summed E-state index contributed by atoms with van der Waals surface area (Å²) < 4.78 is 37.8. The minimum Gasteiger partial charge on any atom is -0.399 e. The van der Waals surface area contributed by atoms with Crippen LogP contribution >= 0.6 is 0 Å². The second-order valence-electron chi connectivity index (χ2n) is 3.22. The molecule has 0 aromatic heterocycles. The SMILES string of the molecule is CCc1cc(N)cc(C)c1C(F)(F)F. The molecule has 0 heterocycles. The van der Waals surface area contributed by atoms with Crippen LogP contribution in [0.5, 0.6) is 0 Å². The Labute approximate surface area is 80.7 Å². The lowest BCUT2D eigenvalue weighted by molar-refractivity contribution is -0.138. The summed E-state index contributed by atoms with van der Waals surface area (Å²) >= 11 is 0. The van der Waals surface area contributed by atoms with Gasteiger partial charge in [-0.15, -0.1) is 0 Å². The number of halogens is 3. The molecule has 1 nitrogen and oxygen atoms in total. The van der Waals surface area contributed by atoms with Gasteiger partial charge in [-0.1, -0.05) is 6.92 Å². The van der Waals surface area contributed by atoms with Gasteiger partial charge >= 0.3 is 6.18 Å². The van der Waals surface area contributed by atoms with Crippen molar-refractivity contribution in [1.82, 2.24) is 0 Å². The molecule has 0 spiro atoms. The number of benzene rings is 1. The standard InChI is InChI=1S/C10H12F3N/c1-3-7-5-8(14)4-6(2)9(7)10(11,12)13/h4-5H,3,14H2,1-2H3. The van der Waals surface area contributed by atoms with Crippen LogP contribution in [0, 0.1) is 6.92 Å². The van der Waals surface area contributed by atoms with Crippen molar-refractivity contribution in [2.75, 3.05) is 5.73 Å². The quantitative estimate of drug-likeness (QED) is 0.697. The maximum Gasteiger partial charge on any atom is 0.416 e. The maximum absolute atomic E-state index is 12.6. The van der Waals surface area contributed by atoms with Crippen LogP contribution in [0.15, 0.2) is 12.1 Å². The van der Waals surface area contributed by atoms with Crippen LogP contribution in [0.2, 0.25) is 0 Å². The van der Waals surface area contributed by atoms with Crippen molar-refractivity contribution in [3.63, 3.8) is 0 Å². The summed E-state index contributed by atoms with van der Waals surface area (Å²) in [5.74, 6) is 0. The summed E-state index contributed by atoms with van der Waals surface area (Å²) in [5.41, 5.74) is 5.76. The van der Waals surface area contributed by atoms with E-state index in [1.54, 1.807) is 6.92 Å². The highest BCUT2D eigenvalue weighted by molar-refractivity contribution is 5.50. The average Bonchev–Trinajstić information content (AvgIpc) is 1.99. The molecular weight excluding hydrogens is 191 g/mol. The molecule has 0 atom stereocenters. The predicted octanol–water partition coefficient (Wildman–Crippen LogP) is 3.16. The largest absolute Gasteiger partial charge is 0.416 e. The lowest BCUT2D eigenvalue weighted by Gasteiger charge is -2.15. The fourth-order valence-electron chi connectivity index (χ4n) is 1.57. The Morgan fingerprint density at radius 2 is 1.86 bits per heavy atom. The van der Waals surface area contributed by atoms with Gasteiger partial charge in [0.15, 0.2) is 0 Å². The summed E-state index contributed by atoms with van der Waals surface area (Å²) in [5, 5.41) is 0. The molecule has 0 unspecified atom stereocenters. The number of hydrogen-bond acceptors (Lipinski definition) is 1. The molecule has 0 amide bonds. The third kappa shape index (κ3) is 2.00. The van der Waals surface area contributed by atoms with E-state index in [1.165, 1.54) is 19.1 Å². The third-order valence-corrected chi connectivity index (χ3v) is 2.10. The maximum atomic E-state index is 12.6. The summed E-state index contributed by atoms with van der Waals surface area (Å²) in [6, 6.07) is 2.73. The Balaban J connectivity index is 3.40. The molecule has 0 aliphatic rings. The molecule has 1 rings (SSSR count).